The Bertz CT molecular complexity index is 2040. The zero-order chi connectivity index (χ0) is 70.4. The fourth-order valence-electron chi connectivity index (χ4n) is 12.8. The highest BCUT2D eigenvalue weighted by Gasteiger charge is 2.53. The molecule has 19 nitrogen and oxygen atoms in total. The second kappa shape index (κ2) is 58.7. The zero-order valence-electron chi connectivity index (χ0n) is 60.0. The van der Waals surface area contributed by atoms with Crippen LogP contribution < -0.4 is 5.32 Å². The first-order valence-corrected chi connectivity index (χ1v) is 38.7. The summed E-state index contributed by atoms with van der Waals surface area (Å²) in [5, 5.41) is 121. The van der Waals surface area contributed by atoms with Gasteiger partial charge in [0.1, 0.15) is 73.2 Å². The van der Waals surface area contributed by atoms with Gasteiger partial charge in [-0.05, 0) is 64.2 Å². The van der Waals surface area contributed by atoms with E-state index in [1.165, 1.54) is 180 Å². The van der Waals surface area contributed by atoms with E-state index in [4.69, 9.17) is 28.4 Å². The number of aliphatic hydroxyl groups excluding tert-OH is 11. The molecule has 3 saturated heterocycles. The van der Waals surface area contributed by atoms with Crippen LogP contribution in [0.15, 0.2) is 72.9 Å². The minimum atomic E-state index is -1.98. The second-order valence-corrected chi connectivity index (χ2v) is 27.4. The van der Waals surface area contributed by atoms with E-state index in [0.29, 0.717) is 6.42 Å². The Morgan fingerprint density at radius 3 is 1.11 bits per heavy atom. The molecule has 3 heterocycles. The lowest BCUT2D eigenvalue weighted by Gasteiger charge is -2.48. The fraction of sp³-hybridized carbons (Fsp3) is 0.833. The molecule has 17 atom stereocenters. The number of amides is 1. The van der Waals surface area contributed by atoms with Crippen LogP contribution >= 0.6 is 0 Å². The molecule has 0 aromatic heterocycles. The fourth-order valence-corrected chi connectivity index (χ4v) is 12.8. The zero-order valence-corrected chi connectivity index (χ0v) is 60.0. The number of carbonyl (C=O) groups is 1. The lowest BCUT2D eigenvalue weighted by atomic mass is 9.96. The number of carbonyl (C=O) groups excluding carboxylic acids is 1. The Kier molecular flexibility index (Phi) is 53.5. The third-order valence-corrected chi connectivity index (χ3v) is 19.0. The van der Waals surface area contributed by atoms with Crippen molar-refractivity contribution in [3.63, 3.8) is 0 Å². The summed E-state index contributed by atoms with van der Waals surface area (Å²) in [5.41, 5.74) is 0. The SMILES string of the molecule is CC/C=C\C/C=C\C/C=C\C/C=C\C/C=C\CCCCCCCCCCCCCCCCCC(=O)NC(COC1OC(CO)C(OC2OC(CO)C(OC3OC(CO)C(O)C(O)C3O)C(O)C2O)C(O)C1O)C(O)/C=C/CCCCCCCCCCCCCCCCCCCCC. The van der Waals surface area contributed by atoms with Crippen LogP contribution in [-0.4, -0.2) is 193 Å². The van der Waals surface area contributed by atoms with Crippen LogP contribution in [-0.2, 0) is 33.2 Å². The first-order chi connectivity index (χ1) is 47.3. The maximum atomic E-state index is 13.5. The Labute approximate surface area is 585 Å². The summed E-state index contributed by atoms with van der Waals surface area (Å²) >= 11 is 0. The molecule has 0 spiro atoms. The average Bonchev–Trinajstić information content (AvgIpc) is 0.798. The van der Waals surface area contributed by atoms with Crippen LogP contribution in [0.3, 0.4) is 0 Å². The van der Waals surface area contributed by atoms with E-state index in [0.717, 1.165) is 77.0 Å². The molecule has 0 aromatic carbocycles. The molecule has 0 saturated carbocycles. The number of aliphatic hydroxyl groups is 11. The largest absolute Gasteiger partial charge is 0.394 e. The van der Waals surface area contributed by atoms with Crippen LogP contribution in [0.4, 0.5) is 0 Å². The normalized spacial score (nSPS) is 27.3. The molecule has 3 rings (SSSR count). The minimum absolute atomic E-state index is 0.241. The van der Waals surface area contributed by atoms with Crippen molar-refractivity contribution in [3.05, 3.63) is 72.9 Å². The molecule has 12 N–H and O–H groups in total. The predicted octanol–water partition coefficient (Wildman–Crippen LogP) is 12.1. The van der Waals surface area contributed by atoms with Gasteiger partial charge in [-0.1, -0.05) is 286 Å². The first-order valence-electron chi connectivity index (χ1n) is 38.7. The summed E-state index contributed by atoms with van der Waals surface area (Å²) in [6, 6.07) is -0.977. The topological polar surface area (TPSA) is 307 Å². The molecule has 3 aliphatic rings. The van der Waals surface area contributed by atoms with Crippen LogP contribution in [0.2, 0.25) is 0 Å². The molecule has 564 valence electrons. The van der Waals surface area contributed by atoms with Crippen LogP contribution in [0.5, 0.6) is 0 Å². The van der Waals surface area contributed by atoms with Crippen molar-refractivity contribution < 1.29 is 89.4 Å². The standard InChI is InChI=1S/C78H139NO18/c1-3-5-7-9-11-13-15-17-19-21-23-25-26-27-28-29-30-31-32-33-34-36-38-40-42-44-46-48-50-52-54-56-66(84)79-61(62(83)55-53-51-49-47-45-43-41-39-37-35-24-22-20-18-16-14-12-10-8-6-4-2)60-92-76-72(90)69(87)74(64(58-81)94-76)97-78-73(91)70(88)75(65(59-82)95-78)96-77-71(89)68(86)67(85)63(57-80)93-77/h5,7,11,13,17,19,23,25,27-28,53,55,61-65,67-78,80-83,85-91H,3-4,6,8-10,12,14-16,18,20-22,24,26,29-52,54,56-60H2,1-2H3,(H,79,84)/b7-5-,13-11-,19-17-,25-23-,28-27-,55-53+. The Balaban J connectivity index is 1.38. The van der Waals surface area contributed by atoms with Gasteiger partial charge in [-0.2, -0.15) is 0 Å². The maximum Gasteiger partial charge on any atom is 0.220 e. The molecule has 97 heavy (non-hydrogen) atoms. The van der Waals surface area contributed by atoms with Crippen molar-refractivity contribution >= 4 is 5.91 Å². The molecule has 17 unspecified atom stereocenters. The molecular formula is C78H139NO18. The van der Waals surface area contributed by atoms with Gasteiger partial charge in [0.15, 0.2) is 18.9 Å². The van der Waals surface area contributed by atoms with Gasteiger partial charge >= 0.3 is 0 Å². The number of unbranched alkanes of at least 4 members (excludes halogenated alkanes) is 34. The van der Waals surface area contributed by atoms with E-state index >= 15 is 0 Å². The summed E-state index contributed by atoms with van der Waals surface area (Å²) in [7, 11) is 0. The van der Waals surface area contributed by atoms with Crippen molar-refractivity contribution in [1.29, 1.82) is 0 Å². The molecule has 3 aliphatic heterocycles. The molecule has 0 bridgehead atoms. The predicted molar refractivity (Wildman–Crippen MR) is 383 cm³/mol. The van der Waals surface area contributed by atoms with Crippen LogP contribution in [0.25, 0.3) is 0 Å². The van der Waals surface area contributed by atoms with E-state index in [9.17, 15) is 61.0 Å². The molecule has 1 amide bonds. The number of nitrogens with one attached hydrogen (secondary N) is 1. The monoisotopic (exact) mass is 1380 g/mol. The maximum absolute atomic E-state index is 13.5. The van der Waals surface area contributed by atoms with Crippen molar-refractivity contribution in [1.82, 2.24) is 5.32 Å². The molecule has 0 aliphatic carbocycles. The van der Waals surface area contributed by atoms with E-state index in [1.807, 2.05) is 6.08 Å². The number of ether oxygens (including phenoxy) is 6. The molecule has 0 aromatic rings. The number of hydrogen-bond acceptors (Lipinski definition) is 18. The van der Waals surface area contributed by atoms with Gasteiger partial charge in [0.05, 0.1) is 38.6 Å². The summed E-state index contributed by atoms with van der Waals surface area (Å²) in [4.78, 5) is 13.5. The quantitative estimate of drug-likeness (QED) is 0.0199. The highest BCUT2D eigenvalue weighted by molar-refractivity contribution is 5.76. The van der Waals surface area contributed by atoms with Gasteiger partial charge in [-0.15, -0.1) is 0 Å². The minimum Gasteiger partial charge on any atom is -0.394 e. The van der Waals surface area contributed by atoms with E-state index in [1.54, 1.807) is 6.08 Å². The molecule has 3 fully saturated rings. The van der Waals surface area contributed by atoms with Gasteiger partial charge in [0.25, 0.3) is 0 Å². The number of rotatable bonds is 60. The van der Waals surface area contributed by atoms with Crippen LogP contribution in [0, 0.1) is 0 Å². The Hall–Kier alpha value is -2.77. The van der Waals surface area contributed by atoms with E-state index in [2.05, 4.69) is 79.9 Å². The third kappa shape index (κ3) is 39.5. The van der Waals surface area contributed by atoms with Crippen molar-refractivity contribution in [2.24, 2.45) is 0 Å². The van der Waals surface area contributed by atoms with E-state index < -0.39 is 124 Å². The van der Waals surface area contributed by atoms with Gasteiger partial charge in [-0.25, -0.2) is 0 Å². The lowest BCUT2D eigenvalue weighted by Crippen LogP contribution is -2.66. The smallest absolute Gasteiger partial charge is 0.220 e. The van der Waals surface area contributed by atoms with Crippen LogP contribution in [0.1, 0.15) is 284 Å². The lowest BCUT2D eigenvalue weighted by molar-refractivity contribution is -0.379. The van der Waals surface area contributed by atoms with E-state index in [-0.39, 0.29) is 18.9 Å². The Morgan fingerprint density at radius 2 is 0.711 bits per heavy atom. The van der Waals surface area contributed by atoms with Gasteiger partial charge < -0.3 is 89.9 Å². The van der Waals surface area contributed by atoms with Crippen molar-refractivity contribution in [2.75, 3.05) is 26.4 Å². The van der Waals surface area contributed by atoms with Gasteiger partial charge in [-0.3, -0.25) is 4.79 Å². The number of allylic oxidation sites excluding steroid dienone is 11. The summed E-state index contributed by atoms with van der Waals surface area (Å²) < 4.78 is 34.4. The second-order valence-electron chi connectivity index (χ2n) is 27.4. The van der Waals surface area contributed by atoms with Gasteiger partial charge in [0.2, 0.25) is 5.91 Å². The number of hydrogen-bond donors (Lipinski definition) is 12. The first kappa shape index (κ1) is 88.4. The molecular weight excluding hydrogens is 1240 g/mol. The highest BCUT2D eigenvalue weighted by atomic mass is 16.8. The van der Waals surface area contributed by atoms with Gasteiger partial charge in [0, 0.05) is 6.42 Å². The highest BCUT2D eigenvalue weighted by Crippen LogP contribution is 2.33. The third-order valence-electron chi connectivity index (χ3n) is 19.0. The van der Waals surface area contributed by atoms with Crippen molar-refractivity contribution in [3.8, 4) is 0 Å². The summed E-state index contributed by atoms with van der Waals surface area (Å²) in [6.07, 6.45) is 48.7. The molecule has 0 radical (unpaired) electrons. The average molecular weight is 1380 g/mol. The molecule has 19 heteroatoms. The summed E-state index contributed by atoms with van der Waals surface area (Å²) in [6.45, 7) is 1.65. The summed E-state index contributed by atoms with van der Waals surface area (Å²) in [5.74, 6) is -0.275. The van der Waals surface area contributed by atoms with Crippen molar-refractivity contribution in [2.45, 2.75) is 388 Å². The Morgan fingerprint density at radius 1 is 0.381 bits per heavy atom.